The van der Waals surface area contributed by atoms with Gasteiger partial charge in [-0.25, -0.2) is 13.2 Å². The van der Waals surface area contributed by atoms with E-state index in [9.17, 15) is 22.8 Å². The fourth-order valence-corrected chi connectivity index (χ4v) is 3.77. The Kier molecular flexibility index (Phi) is 7.07. The second-order valence-corrected chi connectivity index (χ2v) is 7.93. The maximum Gasteiger partial charge on any atom is 0.316 e. The number of ether oxygens (including phenoxy) is 1. The predicted octanol–water partition coefficient (Wildman–Crippen LogP) is 4.87. The van der Waals surface area contributed by atoms with Crippen LogP contribution in [0.15, 0.2) is 78.0 Å². The Morgan fingerprint density at radius 1 is 0.882 bits per heavy atom. The van der Waals surface area contributed by atoms with Gasteiger partial charge in [0.05, 0.1) is 5.75 Å². The molecule has 0 aliphatic heterocycles. The first kappa shape index (κ1) is 23.2. The van der Waals surface area contributed by atoms with Crippen molar-refractivity contribution in [1.29, 1.82) is 0 Å². The summed E-state index contributed by atoms with van der Waals surface area (Å²) in [6.07, 6.45) is 0. The normalized spacial score (nSPS) is 10.8. The number of nitrogens with zero attached hydrogens (tertiary/aromatic N) is 3. The molecule has 0 N–H and O–H groups in total. The predicted molar refractivity (Wildman–Crippen MR) is 119 cm³/mol. The number of halogens is 3. The first-order valence-corrected chi connectivity index (χ1v) is 10.9. The molecule has 0 amide bonds. The van der Waals surface area contributed by atoms with Crippen molar-refractivity contribution in [1.82, 2.24) is 14.8 Å². The number of esters is 1. The van der Waals surface area contributed by atoms with Gasteiger partial charge in [0.1, 0.15) is 5.82 Å². The Balaban J connectivity index is 1.46. The highest BCUT2D eigenvalue weighted by atomic mass is 32.2. The number of carbonyl (C=O) groups excluding carboxylic acids is 2. The molecule has 0 spiro atoms. The van der Waals surface area contributed by atoms with E-state index in [-0.39, 0.29) is 17.1 Å². The number of hydrogen-bond donors (Lipinski definition) is 0. The average molecular weight is 483 g/mol. The monoisotopic (exact) mass is 483 g/mol. The largest absolute Gasteiger partial charge is 0.457 e. The zero-order valence-electron chi connectivity index (χ0n) is 17.5. The Bertz CT molecular complexity index is 1330. The molecule has 0 fully saturated rings. The molecule has 4 aromatic rings. The van der Waals surface area contributed by atoms with Crippen molar-refractivity contribution < 1.29 is 27.5 Å². The molecule has 4 rings (SSSR count). The van der Waals surface area contributed by atoms with Gasteiger partial charge in [-0.2, -0.15) is 0 Å². The summed E-state index contributed by atoms with van der Waals surface area (Å²) >= 11 is 1.04. The minimum atomic E-state index is -1.16. The molecule has 0 saturated carbocycles. The number of hydrogen-bond acceptors (Lipinski definition) is 6. The molecule has 3 aromatic carbocycles. The summed E-state index contributed by atoms with van der Waals surface area (Å²) in [5, 5.41) is 8.73. The molecule has 0 aliphatic rings. The van der Waals surface area contributed by atoms with Gasteiger partial charge >= 0.3 is 5.97 Å². The van der Waals surface area contributed by atoms with Crippen molar-refractivity contribution in [3.8, 4) is 17.1 Å². The van der Waals surface area contributed by atoms with Crippen LogP contribution in [0.25, 0.3) is 17.1 Å². The number of thioether (sulfide) groups is 1. The SMILES string of the molecule is O=C(CSc1nnc(-c2ccc(F)cc2)n1-c1ccccc1)OCC(=O)c1ccc(F)c(F)c1. The van der Waals surface area contributed by atoms with E-state index in [4.69, 9.17) is 4.74 Å². The third kappa shape index (κ3) is 5.34. The van der Waals surface area contributed by atoms with E-state index < -0.39 is 30.0 Å². The lowest BCUT2D eigenvalue weighted by atomic mass is 10.1. The molecule has 172 valence electrons. The number of carbonyl (C=O) groups is 2. The maximum absolute atomic E-state index is 13.4. The van der Waals surface area contributed by atoms with Crippen molar-refractivity contribution in [2.75, 3.05) is 12.4 Å². The molecule has 0 radical (unpaired) electrons. The van der Waals surface area contributed by atoms with Crippen LogP contribution < -0.4 is 0 Å². The Morgan fingerprint density at radius 2 is 1.62 bits per heavy atom. The fraction of sp³-hybridized carbons (Fsp3) is 0.0833. The number of aromatic nitrogens is 3. The summed E-state index contributed by atoms with van der Waals surface area (Å²) < 4.78 is 46.4. The van der Waals surface area contributed by atoms with E-state index in [0.29, 0.717) is 16.5 Å². The van der Waals surface area contributed by atoms with E-state index in [2.05, 4.69) is 10.2 Å². The van der Waals surface area contributed by atoms with Crippen LogP contribution in [0.4, 0.5) is 13.2 Å². The second-order valence-electron chi connectivity index (χ2n) is 6.99. The molecule has 0 unspecified atom stereocenters. The summed E-state index contributed by atoms with van der Waals surface area (Å²) in [6.45, 7) is -0.614. The lowest BCUT2D eigenvalue weighted by Crippen LogP contribution is -2.16. The van der Waals surface area contributed by atoms with E-state index in [1.807, 2.05) is 30.3 Å². The number of benzene rings is 3. The number of para-hydroxylation sites is 1. The van der Waals surface area contributed by atoms with Gasteiger partial charge in [0.2, 0.25) is 0 Å². The van der Waals surface area contributed by atoms with Crippen LogP contribution >= 0.6 is 11.8 Å². The average Bonchev–Trinajstić information content (AvgIpc) is 3.28. The third-order valence-corrected chi connectivity index (χ3v) is 5.58. The standard InChI is InChI=1S/C24H16F3N3O3S/c25-17-9-6-15(7-10-17)23-28-29-24(30(23)18-4-2-1-3-5-18)34-14-22(32)33-13-21(31)16-8-11-19(26)20(27)12-16/h1-12H,13-14H2. The summed E-state index contributed by atoms with van der Waals surface area (Å²) in [6, 6.07) is 17.6. The van der Waals surface area contributed by atoms with E-state index >= 15 is 0 Å². The molecule has 6 nitrogen and oxygen atoms in total. The Labute approximate surface area is 196 Å². The van der Waals surface area contributed by atoms with Gasteiger partial charge in [-0.1, -0.05) is 30.0 Å². The molecule has 0 aliphatic carbocycles. The third-order valence-electron chi connectivity index (χ3n) is 4.68. The van der Waals surface area contributed by atoms with Gasteiger partial charge in [-0.15, -0.1) is 10.2 Å². The van der Waals surface area contributed by atoms with Crippen LogP contribution in [0.2, 0.25) is 0 Å². The quantitative estimate of drug-likeness (QED) is 0.202. The highest BCUT2D eigenvalue weighted by molar-refractivity contribution is 7.99. The van der Waals surface area contributed by atoms with Crippen LogP contribution in [0.5, 0.6) is 0 Å². The molecular weight excluding hydrogens is 467 g/mol. The number of ketones is 1. The van der Waals surface area contributed by atoms with Crippen LogP contribution in [0.3, 0.4) is 0 Å². The Hall–Kier alpha value is -3.92. The maximum atomic E-state index is 13.4. The van der Waals surface area contributed by atoms with Crippen LogP contribution in [-0.4, -0.2) is 38.9 Å². The minimum absolute atomic E-state index is 0.105. The molecule has 0 atom stereocenters. The summed E-state index contributed by atoms with van der Waals surface area (Å²) in [7, 11) is 0. The highest BCUT2D eigenvalue weighted by Gasteiger charge is 2.18. The van der Waals surface area contributed by atoms with Crippen molar-refractivity contribution in [2.45, 2.75) is 5.16 Å². The van der Waals surface area contributed by atoms with Crippen molar-refractivity contribution in [3.63, 3.8) is 0 Å². The van der Waals surface area contributed by atoms with E-state index in [0.717, 1.165) is 35.6 Å². The smallest absolute Gasteiger partial charge is 0.316 e. The summed E-state index contributed by atoms with van der Waals surface area (Å²) in [5.74, 6) is -3.72. The van der Waals surface area contributed by atoms with Crippen LogP contribution in [0.1, 0.15) is 10.4 Å². The molecular formula is C24H16F3N3O3S. The molecule has 0 saturated heterocycles. The van der Waals surface area contributed by atoms with Crippen LogP contribution in [0, 0.1) is 17.5 Å². The first-order chi connectivity index (χ1) is 16.4. The van der Waals surface area contributed by atoms with Gasteiger partial charge in [0.15, 0.2) is 35.0 Å². The highest BCUT2D eigenvalue weighted by Crippen LogP contribution is 2.28. The van der Waals surface area contributed by atoms with Gasteiger partial charge in [-0.05, 0) is 54.6 Å². The molecule has 34 heavy (non-hydrogen) atoms. The zero-order valence-corrected chi connectivity index (χ0v) is 18.3. The van der Waals surface area contributed by atoms with E-state index in [1.165, 1.54) is 12.1 Å². The number of Topliss-reactive ketones (excluding diaryl/α,β-unsaturated/α-hetero) is 1. The van der Waals surface area contributed by atoms with E-state index in [1.54, 1.807) is 16.7 Å². The zero-order chi connectivity index (χ0) is 24.1. The fourth-order valence-electron chi connectivity index (χ4n) is 3.02. The van der Waals surface area contributed by atoms with Gasteiger partial charge in [-0.3, -0.25) is 14.2 Å². The van der Waals surface area contributed by atoms with Crippen LogP contribution in [-0.2, 0) is 9.53 Å². The van der Waals surface area contributed by atoms with Crippen molar-refractivity contribution in [2.24, 2.45) is 0 Å². The Morgan fingerprint density at radius 3 is 2.32 bits per heavy atom. The topological polar surface area (TPSA) is 74.1 Å². The van der Waals surface area contributed by atoms with Crippen molar-refractivity contribution in [3.05, 3.63) is 95.8 Å². The second kappa shape index (κ2) is 10.3. The van der Waals surface area contributed by atoms with Crippen molar-refractivity contribution >= 4 is 23.5 Å². The summed E-state index contributed by atoms with van der Waals surface area (Å²) in [4.78, 5) is 24.3. The van der Waals surface area contributed by atoms with Gasteiger partial charge in [0, 0.05) is 16.8 Å². The lowest BCUT2D eigenvalue weighted by Gasteiger charge is -2.10. The summed E-state index contributed by atoms with van der Waals surface area (Å²) in [5.41, 5.74) is 1.26. The lowest BCUT2D eigenvalue weighted by molar-refractivity contribution is -0.139. The molecule has 0 bridgehead atoms. The number of rotatable bonds is 8. The van der Waals surface area contributed by atoms with Gasteiger partial charge < -0.3 is 4.74 Å². The first-order valence-electron chi connectivity index (χ1n) is 9.96. The molecule has 10 heteroatoms. The van der Waals surface area contributed by atoms with Gasteiger partial charge in [0.25, 0.3) is 0 Å². The molecule has 1 heterocycles. The minimum Gasteiger partial charge on any atom is -0.457 e. The molecule has 1 aromatic heterocycles.